The summed E-state index contributed by atoms with van der Waals surface area (Å²) in [4.78, 5) is 13.4. The number of hydrogen-bond donors (Lipinski definition) is 0. The number of ether oxygens (including phenoxy) is 1. The van der Waals surface area contributed by atoms with Gasteiger partial charge in [-0.15, -0.1) is 0 Å². The average molecular weight is 186 g/mol. The third kappa shape index (κ3) is 2.36. The van der Waals surface area contributed by atoms with Gasteiger partial charge in [0.15, 0.2) is 0 Å². The molecule has 0 spiro atoms. The number of aromatic nitrogens is 1. The number of alkyl halides is 1. The Morgan fingerprint density at radius 3 is 3.08 bits per heavy atom. The average Bonchev–Trinajstić information content (AvgIpc) is 2.15. The predicted molar refractivity (Wildman–Crippen MR) is 42.4 cm³/mol. The van der Waals surface area contributed by atoms with Gasteiger partial charge in [0.05, 0.1) is 4.92 Å². The monoisotopic (exact) mass is 186 g/mol. The minimum atomic E-state index is -0.701. The summed E-state index contributed by atoms with van der Waals surface area (Å²) >= 11 is 0. The van der Waals surface area contributed by atoms with Gasteiger partial charge in [-0.1, -0.05) is 0 Å². The minimum absolute atomic E-state index is 0.148. The number of nitro groups is 1. The Balaban J connectivity index is 2.84. The maximum Gasteiger partial charge on any atom is 0.330 e. The molecule has 0 radical (unpaired) electrons. The molecule has 13 heavy (non-hydrogen) atoms. The summed E-state index contributed by atoms with van der Waals surface area (Å²) in [6.45, 7) is -0.925. The van der Waals surface area contributed by atoms with Crippen molar-refractivity contribution in [1.82, 2.24) is 4.98 Å². The molecule has 0 aliphatic heterocycles. The molecule has 1 heterocycles. The molecule has 0 unspecified atom stereocenters. The van der Waals surface area contributed by atoms with Crippen LogP contribution in [0.25, 0.3) is 0 Å². The van der Waals surface area contributed by atoms with E-state index in [0.29, 0.717) is 0 Å². The van der Waals surface area contributed by atoms with Crippen molar-refractivity contribution in [3.63, 3.8) is 0 Å². The smallest absolute Gasteiger partial charge is 0.330 e. The van der Waals surface area contributed by atoms with Crippen LogP contribution in [-0.4, -0.2) is 23.2 Å². The van der Waals surface area contributed by atoms with Crippen LogP contribution in [0.5, 0.6) is 5.88 Å². The van der Waals surface area contributed by atoms with E-state index >= 15 is 0 Å². The summed E-state index contributed by atoms with van der Waals surface area (Å²) in [5.41, 5.74) is -0.254. The summed E-state index contributed by atoms with van der Waals surface area (Å²) in [6, 6.07) is 2.67. The molecule has 0 N–H and O–H groups in total. The molecule has 1 aromatic rings. The summed E-state index contributed by atoms with van der Waals surface area (Å²) in [5, 5.41) is 10.4. The predicted octanol–water partition coefficient (Wildman–Crippen LogP) is 1.34. The van der Waals surface area contributed by atoms with Crippen LogP contribution in [-0.2, 0) is 0 Å². The van der Waals surface area contributed by atoms with Crippen molar-refractivity contribution in [1.29, 1.82) is 0 Å². The van der Waals surface area contributed by atoms with Crippen LogP contribution >= 0.6 is 0 Å². The zero-order valence-corrected chi connectivity index (χ0v) is 6.64. The maximum absolute atomic E-state index is 11.7. The van der Waals surface area contributed by atoms with E-state index in [0.717, 1.165) is 0 Å². The first kappa shape index (κ1) is 9.37. The number of nitrogens with zero attached hydrogens (tertiary/aromatic N) is 2. The van der Waals surface area contributed by atoms with Crippen LogP contribution < -0.4 is 4.74 Å². The number of pyridine rings is 1. The highest BCUT2D eigenvalue weighted by Gasteiger charge is 2.14. The second-order valence-electron chi connectivity index (χ2n) is 2.12. The molecule has 0 bridgehead atoms. The first-order valence-corrected chi connectivity index (χ1v) is 3.54. The summed E-state index contributed by atoms with van der Waals surface area (Å²) in [5.74, 6) is -0.148. The fraction of sp³-hybridized carbons (Fsp3) is 0.286. The van der Waals surface area contributed by atoms with Crippen molar-refractivity contribution in [3.8, 4) is 5.88 Å². The highest BCUT2D eigenvalue weighted by atomic mass is 19.1. The van der Waals surface area contributed by atoms with Crippen LogP contribution in [0.3, 0.4) is 0 Å². The van der Waals surface area contributed by atoms with Gasteiger partial charge in [-0.05, 0) is 6.07 Å². The van der Waals surface area contributed by atoms with Crippen LogP contribution in [0.1, 0.15) is 0 Å². The topological polar surface area (TPSA) is 65.3 Å². The van der Waals surface area contributed by atoms with Gasteiger partial charge in [0, 0.05) is 12.3 Å². The molecule has 5 nitrogen and oxygen atoms in total. The van der Waals surface area contributed by atoms with E-state index in [1.54, 1.807) is 0 Å². The zero-order chi connectivity index (χ0) is 9.68. The van der Waals surface area contributed by atoms with Gasteiger partial charge in [0.2, 0.25) is 0 Å². The molecule has 0 aliphatic carbocycles. The van der Waals surface area contributed by atoms with E-state index in [1.165, 1.54) is 18.3 Å². The summed E-state index contributed by atoms with van der Waals surface area (Å²) in [6.07, 6.45) is 1.35. The zero-order valence-electron chi connectivity index (χ0n) is 6.64. The van der Waals surface area contributed by atoms with Crippen LogP contribution in [0.4, 0.5) is 10.1 Å². The van der Waals surface area contributed by atoms with Gasteiger partial charge < -0.3 is 4.74 Å². The molecule has 70 valence electrons. The Morgan fingerprint density at radius 1 is 1.69 bits per heavy atom. The highest BCUT2D eigenvalue weighted by molar-refractivity contribution is 5.39. The van der Waals surface area contributed by atoms with Gasteiger partial charge in [-0.2, -0.15) is 0 Å². The minimum Gasteiger partial charge on any atom is -0.470 e. The normalized spacial score (nSPS) is 9.62. The van der Waals surface area contributed by atoms with Gasteiger partial charge in [0.1, 0.15) is 13.3 Å². The third-order valence-electron chi connectivity index (χ3n) is 1.26. The first-order chi connectivity index (χ1) is 6.25. The third-order valence-corrected chi connectivity index (χ3v) is 1.26. The SMILES string of the molecule is O=[N+]([O-])c1cccnc1OCCF. The molecule has 1 aromatic heterocycles. The summed E-state index contributed by atoms with van der Waals surface area (Å²) < 4.78 is 16.4. The molecule has 0 atom stereocenters. The van der Waals surface area contributed by atoms with Crippen LogP contribution in [0, 0.1) is 10.1 Å². The number of hydrogen-bond acceptors (Lipinski definition) is 4. The summed E-state index contributed by atoms with van der Waals surface area (Å²) in [7, 11) is 0. The van der Waals surface area contributed by atoms with Crippen LogP contribution in [0.2, 0.25) is 0 Å². The van der Waals surface area contributed by atoms with Gasteiger partial charge in [0.25, 0.3) is 5.88 Å². The lowest BCUT2D eigenvalue weighted by molar-refractivity contribution is -0.386. The van der Waals surface area contributed by atoms with Gasteiger partial charge >= 0.3 is 5.69 Å². The van der Waals surface area contributed by atoms with Crippen LogP contribution in [0.15, 0.2) is 18.3 Å². The molecular weight excluding hydrogens is 179 g/mol. The Morgan fingerprint density at radius 2 is 2.46 bits per heavy atom. The highest BCUT2D eigenvalue weighted by Crippen LogP contribution is 2.22. The van der Waals surface area contributed by atoms with Crippen molar-refractivity contribution in [3.05, 3.63) is 28.4 Å². The molecule has 0 aliphatic rings. The standard InChI is InChI=1S/C7H7FN2O3/c8-3-5-13-7-6(10(11)12)2-1-4-9-7/h1-2,4H,3,5H2. The fourth-order valence-corrected chi connectivity index (χ4v) is 0.768. The quantitative estimate of drug-likeness (QED) is 0.525. The molecular formula is C7H7FN2O3. The second-order valence-corrected chi connectivity index (χ2v) is 2.12. The van der Waals surface area contributed by atoms with Crippen molar-refractivity contribution >= 4 is 5.69 Å². The maximum atomic E-state index is 11.7. The molecule has 0 aromatic carbocycles. The Bertz CT molecular complexity index is 306. The van der Waals surface area contributed by atoms with Gasteiger partial charge in [-0.25, -0.2) is 9.37 Å². The Kier molecular flexibility index (Phi) is 3.13. The van der Waals surface area contributed by atoms with E-state index < -0.39 is 11.6 Å². The molecule has 6 heteroatoms. The second kappa shape index (κ2) is 4.34. The lowest BCUT2D eigenvalue weighted by Gasteiger charge is -2.01. The Labute approximate surface area is 73.3 Å². The Hall–Kier alpha value is -1.72. The van der Waals surface area contributed by atoms with E-state index in [2.05, 4.69) is 4.98 Å². The van der Waals surface area contributed by atoms with Crippen molar-refractivity contribution in [2.75, 3.05) is 13.3 Å². The van der Waals surface area contributed by atoms with Crippen molar-refractivity contribution in [2.45, 2.75) is 0 Å². The van der Waals surface area contributed by atoms with E-state index in [9.17, 15) is 14.5 Å². The number of rotatable bonds is 4. The van der Waals surface area contributed by atoms with E-state index in [4.69, 9.17) is 4.74 Å². The fourth-order valence-electron chi connectivity index (χ4n) is 0.768. The van der Waals surface area contributed by atoms with E-state index in [-0.39, 0.29) is 18.2 Å². The molecule has 1 rings (SSSR count). The lowest BCUT2D eigenvalue weighted by Crippen LogP contribution is -2.03. The van der Waals surface area contributed by atoms with Crippen molar-refractivity contribution < 1.29 is 14.1 Å². The first-order valence-electron chi connectivity index (χ1n) is 3.54. The lowest BCUT2D eigenvalue weighted by atomic mass is 10.4. The largest absolute Gasteiger partial charge is 0.470 e. The van der Waals surface area contributed by atoms with E-state index in [1.807, 2.05) is 0 Å². The molecule has 0 saturated heterocycles. The van der Waals surface area contributed by atoms with Gasteiger partial charge in [-0.3, -0.25) is 10.1 Å². The number of halogens is 1. The molecule has 0 fully saturated rings. The molecule has 0 saturated carbocycles. The molecule has 0 amide bonds. The van der Waals surface area contributed by atoms with Crippen molar-refractivity contribution in [2.24, 2.45) is 0 Å².